The summed E-state index contributed by atoms with van der Waals surface area (Å²) < 4.78 is 13.1. The second kappa shape index (κ2) is 4.74. The molecule has 1 aromatic carbocycles. The molecule has 0 unspecified atom stereocenters. The molecule has 3 nitrogen and oxygen atoms in total. The highest BCUT2D eigenvalue weighted by Crippen LogP contribution is 2.22. The molecule has 0 aliphatic heterocycles. The Bertz CT molecular complexity index is 540. The molecule has 0 bridgehead atoms. The lowest BCUT2D eigenvalue weighted by atomic mass is 10.0. The molecule has 17 heavy (non-hydrogen) atoms. The molecule has 1 aromatic heterocycles. The van der Waals surface area contributed by atoms with Crippen LogP contribution in [0.2, 0.25) is 0 Å². The quantitative estimate of drug-likeness (QED) is 0.826. The van der Waals surface area contributed by atoms with Crippen molar-refractivity contribution in [3.05, 3.63) is 54.0 Å². The van der Waals surface area contributed by atoms with E-state index in [2.05, 4.69) is 4.98 Å². The summed E-state index contributed by atoms with van der Waals surface area (Å²) in [5, 5.41) is 8.79. The number of hydrogen-bond donors (Lipinski definition) is 1. The van der Waals surface area contributed by atoms with Gasteiger partial charge in [-0.3, -0.25) is 4.79 Å². The van der Waals surface area contributed by atoms with Crippen molar-refractivity contribution in [1.29, 1.82) is 0 Å². The molecule has 86 valence electrons. The van der Waals surface area contributed by atoms with E-state index < -0.39 is 11.9 Å². The molecule has 0 saturated carbocycles. The Kier molecular flexibility index (Phi) is 3.14. The lowest BCUT2D eigenvalue weighted by molar-refractivity contribution is -0.136. The van der Waals surface area contributed by atoms with Crippen LogP contribution in [0.5, 0.6) is 0 Å². The molecule has 0 atom stereocenters. The first-order valence-corrected chi connectivity index (χ1v) is 5.09. The summed E-state index contributed by atoms with van der Waals surface area (Å²) in [4.78, 5) is 14.5. The van der Waals surface area contributed by atoms with Crippen LogP contribution < -0.4 is 0 Å². The molecule has 2 rings (SSSR count). The molecule has 0 saturated heterocycles. The van der Waals surface area contributed by atoms with Gasteiger partial charge in [0.1, 0.15) is 0 Å². The Morgan fingerprint density at radius 3 is 2.53 bits per heavy atom. The van der Waals surface area contributed by atoms with Crippen molar-refractivity contribution < 1.29 is 14.3 Å². The molecule has 1 heterocycles. The van der Waals surface area contributed by atoms with Crippen LogP contribution in [-0.2, 0) is 11.2 Å². The first-order valence-electron chi connectivity index (χ1n) is 5.09. The van der Waals surface area contributed by atoms with E-state index in [9.17, 15) is 9.18 Å². The molecular formula is C13H10FNO2. The van der Waals surface area contributed by atoms with Gasteiger partial charge in [-0.05, 0) is 11.6 Å². The molecule has 1 N–H and O–H groups in total. The zero-order valence-corrected chi connectivity index (χ0v) is 8.93. The Hall–Kier alpha value is -2.23. The van der Waals surface area contributed by atoms with E-state index in [4.69, 9.17) is 5.11 Å². The zero-order chi connectivity index (χ0) is 12.3. The monoisotopic (exact) mass is 231 g/mol. The van der Waals surface area contributed by atoms with Gasteiger partial charge < -0.3 is 5.11 Å². The smallest absolute Gasteiger partial charge is 0.307 e. The van der Waals surface area contributed by atoms with E-state index >= 15 is 0 Å². The number of aliphatic carboxylic acids is 1. The standard InChI is InChI=1S/C13H10FNO2/c14-11-7-6-10(8-12(16)17)13(15-11)9-4-2-1-3-5-9/h1-7H,8H2,(H,16,17). The first kappa shape index (κ1) is 11.3. The van der Waals surface area contributed by atoms with Crippen LogP contribution in [0.25, 0.3) is 11.3 Å². The number of nitrogens with zero attached hydrogens (tertiary/aromatic N) is 1. The van der Waals surface area contributed by atoms with Crippen molar-refractivity contribution in [1.82, 2.24) is 4.98 Å². The van der Waals surface area contributed by atoms with E-state index in [0.717, 1.165) is 0 Å². The third-order valence-corrected chi connectivity index (χ3v) is 2.33. The highest BCUT2D eigenvalue weighted by molar-refractivity contribution is 5.74. The fraction of sp³-hybridized carbons (Fsp3) is 0.0769. The minimum atomic E-state index is -0.962. The number of benzene rings is 1. The second-order valence-corrected chi connectivity index (χ2v) is 3.58. The van der Waals surface area contributed by atoms with Gasteiger partial charge in [0, 0.05) is 5.56 Å². The summed E-state index contributed by atoms with van der Waals surface area (Å²) in [6.45, 7) is 0. The van der Waals surface area contributed by atoms with Gasteiger partial charge in [0.25, 0.3) is 0 Å². The van der Waals surface area contributed by atoms with Gasteiger partial charge in [-0.15, -0.1) is 0 Å². The number of carbonyl (C=O) groups is 1. The van der Waals surface area contributed by atoms with Gasteiger partial charge in [-0.1, -0.05) is 36.4 Å². The Morgan fingerprint density at radius 1 is 1.18 bits per heavy atom. The predicted octanol–water partition coefficient (Wildman–Crippen LogP) is 2.51. The maximum absolute atomic E-state index is 13.1. The average Bonchev–Trinajstić information content (AvgIpc) is 2.32. The van der Waals surface area contributed by atoms with Gasteiger partial charge in [0.05, 0.1) is 12.1 Å². The van der Waals surface area contributed by atoms with Crippen LogP contribution >= 0.6 is 0 Å². The van der Waals surface area contributed by atoms with Gasteiger partial charge >= 0.3 is 5.97 Å². The van der Waals surface area contributed by atoms with Crippen molar-refractivity contribution in [2.24, 2.45) is 0 Å². The molecule has 0 aliphatic carbocycles. The number of carboxylic acids is 1. The van der Waals surface area contributed by atoms with E-state index in [1.54, 1.807) is 24.3 Å². The SMILES string of the molecule is O=C(O)Cc1ccc(F)nc1-c1ccccc1. The predicted molar refractivity (Wildman–Crippen MR) is 61.0 cm³/mol. The molecule has 0 aliphatic rings. The summed E-state index contributed by atoms with van der Waals surface area (Å²) in [5.74, 6) is -1.58. The molecule has 0 radical (unpaired) electrons. The molecule has 4 heteroatoms. The number of aromatic nitrogens is 1. The number of halogens is 1. The number of hydrogen-bond acceptors (Lipinski definition) is 2. The molecular weight excluding hydrogens is 221 g/mol. The average molecular weight is 231 g/mol. The number of pyridine rings is 1. The van der Waals surface area contributed by atoms with Crippen molar-refractivity contribution in [3.8, 4) is 11.3 Å². The summed E-state index contributed by atoms with van der Waals surface area (Å²) in [5.41, 5.74) is 1.60. The fourth-order valence-corrected chi connectivity index (χ4v) is 1.62. The van der Waals surface area contributed by atoms with E-state index in [-0.39, 0.29) is 6.42 Å². The molecule has 0 fully saturated rings. The van der Waals surface area contributed by atoms with Crippen LogP contribution in [0, 0.1) is 5.95 Å². The number of rotatable bonds is 3. The van der Waals surface area contributed by atoms with E-state index in [0.29, 0.717) is 16.8 Å². The highest BCUT2D eigenvalue weighted by atomic mass is 19.1. The summed E-state index contributed by atoms with van der Waals surface area (Å²) >= 11 is 0. The van der Waals surface area contributed by atoms with Crippen LogP contribution in [0.4, 0.5) is 4.39 Å². The van der Waals surface area contributed by atoms with Crippen LogP contribution in [0.1, 0.15) is 5.56 Å². The normalized spacial score (nSPS) is 10.2. The van der Waals surface area contributed by atoms with E-state index in [1.165, 1.54) is 12.1 Å². The lowest BCUT2D eigenvalue weighted by Gasteiger charge is -2.06. The third-order valence-electron chi connectivity index (χ3n) is 2.33. The zero-order valence-electron chi connectivity index (χ0n) is 8.93. The number of carboxylic acid groups (broad SMARTS) is 1. The van der Waals surface area contributed by atoms with Gasteiger partial charge in [0.15, 0.2) is 0 Å². The van der Waals surface area contributed by atoms with Gasteiger partial charge in [-0.2, -0.15) is 4.39 Å². The molecule has 0 amide bonds. The van der Waals surface area contributed by atoms with E-state index in [1.807, 2.05) is 6.07 Å². The van der Waals surface area contributed by atoms with Crippen molar-refractivity contribution in [3.63, 3.8) is 0 Å². The largest absolute Gasteiger partial charge is 0.481 e. The molecule has 0 spiro atoms. The Labute approximate surface area is 97.6 Å². The van der Waals surface area contributed by atoms with Crippen molar-refractivity contribution in [2.45, 2.75) is 6.42 Å². The van der Waals surface area contributed by atoms with Crippen LogP contribution in [0.15, 0.2) is 42.5 Å². The van der Waals surface area contributed by atoms with Crippen molar-refractivity contribution in [2.75, 3.05) is 0 Å². The van der Waals surface area contributed by atoms with Crippen LogP contribution in [0.3, 0.4) is 0 Å². The minimum absolute atomic E-state index is 0.169. The third kappa shape index (κ3) is 2.66. The Balaban J connectivity index is 2.51. The van der Waals surface area contributed by atoms with Crippen LogP contribution in [-0.4, -0.2) is 16.1 Å². The maximum Gasteiger partial charge on any atom is 0.307 e. The van der Waals surface area contributed by atoms with Gasteiger partial charge in [-0.25, -0.2) is 4.98 Å². The fourth-order valence-electron chi connectivity index (χ4n) is 1.62. The van der Waals surface area contributed by atoms with Crippen molar-refractivity contribution >= 4 is 5.97 Å². The maximum atomic E-state index is 13.1. The topological polar surface area (TPSA) is 50.2 Å². The van der Waals surface area contributed by atoms with Gasteiger partial charge in [0.2, 0.25) is 5.95 Å². The summed E-state index contributed by atoms with van der Waals surface area (Å²) in [6.07, 6.45) is -0.169. The minimum Gasteiger partial charge on any atom is -0.481 e. The second-order valence-electron chi connectivity index (χ2n) is 3.58. The summed E-state index contributed by atoms with van der Waals surface area (Å²) in [6, 6.07) is 11.6. The lowest BCUT2D eigenvalue weighted by Crippen LogP contribution is -2.04. The Morgan fingerprint density at radius 2 is 1.88 bits per heavy atom. The molecule has 2 aromatic rings. The summed E-state index contributed by atoms with van der Waals surface area (Å²) in [7, 11) is 0. The first-order chi connectivity index (χ1) is 8.16. The highest BCUT2D eigenvalue weighted by Gasteiger charge is 2.11.